The molecule has 0 aromatic heterocycles. The highest BCUT2D eigenvalue weighted by molar-refractivity contribution is 5.97. The maximum Gasteiger partial charge on any atom is 0.298 e. The Balaban J connectivity index is 3.26. The van der Waals surface area contributed by atoms with Gasteiger partial charge in [0.25, 0.3) is 5.69 Å². The largest absolute Gasteiger partial charge is 0.325 e. The molecule has 0 aliphatic rings. The van der Waals surface area contributed by atoms with Crippen molar-refractivity contribution in [1.82, 2.24) is 0 Å². The second kappa shape index (κ2) is 5.36. The normalized spacial score (nSPS) is 12.1. The zero-order valence-corrected chi connectivity index (χ0v) is 12.2. The van der Waals surface area contributed by atoms with Crippen molar-refractivity contribution >= 4 is 17.3 Å². The molecule has 1 aromatic rings. The number of nitro groups is 1. The number of halogens is 2. The van der Waals surface area contributed by atoms with Crippen LogP contribution in [-0.4, -0.2) is 16.4 Å². The van der Waals surface area contributed by atoms with E-state index in [9.17, 15) is 23.7 Å². The number of carbonyl (C=O) groups is 1. The molecule has 1 aromatic carbocycles. The van der Waals surface area contributed by atoms with Crippen LogP contribution in [0.4, 0.5) is 20.2 Å². The molecular formula is C13H17F2N3O3. The fourth-order valence-electron chi connectivity index (χ4n) is 1.39. The van der Waals surface area contributed by atoms with Crippen LogP contribution in [-0.2, 0) is 4.79 Å². The molecule has 0 spiro atoms. The van der Waals surface area contributed by atoms with Gasteiger partial charge in [-0.25, -0.2) is 8.78 Å². The topological polar surface area (TPSA) is 98.3 Å². The van der Waals surface area contributed by atoms with Crippen LogP contribution in [0.5, 0.6) is 0 Å². The number of carbonyl (C=O) groups excluding carboxylic acids is 1. The summed E-state index contributed by atoms with van der Waals surface area (Å²) in [6, 6.07) is 1.00. The van der Waals surface area contributed by atoms with Crippen molar-refractivity contribution in [3.63, 3.8) is 0 Å². The third kappa shape index (κ3) is 3.33. The third-order valence-electron chi connectivity index (χ3n) is 3.65. The molecule has 0 saturated heterocycles. The van der Waals surface area contributed by atoms with Crippen LogP contribution < -0.4 is 11.1 Å². The molecule has 6 nitrogen and oxygen atoms in total. The SMILES string of the molecule is CC(C)(N)C(C)(C)C(=O)Nc1c(F)cc(F)cc1[N+](=O)[O-]. The van der Waals surface area contributed by atoms with E-state index in [0.717, 1.165) is 0 Å². The number of hydrogen-bond acceptors (Lipinski definition) is 4. The van der Waals surface area contributed by atoms with Crippen LogP contribution >= 0.6 is 0 Å². The number of nitro benzene ring substituents is 1. The molecule has 1 rings (SSSR count). The number of anilines is 1. The highest BCUT2D eigenvalue weighted by Gasteiger charge is 2.41. The van der Waals surface area contributed by atoms with Crippen LogP contribution in [0.1, 0.15) is 27.7 Å². The molecule has 21 heavy (non-hydrogen) atoms. The summed E-state index contributed by atoms with van der Waals surface area (Å²) in [5, 5.41) is 13.0. The zero-order valence-electron chi connectivity index (χ0n) is 12.2. The maximum atomic E-state index is 13.7. The molecule has 116 valence electrons. The number of nitrogens with zero attached hydrogens (tertiary/aromatic N) is 1. The Kier molecular flexibility index (Phi) is 4.33. The molecule has 0 aliphatic carbocycles. The van der Waals surface area contributed by atoms with Gasteiger partial charge < -0.3 is 11.1 Å². The quantitative estimate of drug-likeness (QED) is 0.659. The highest BCUT2D eigenvalue weighted by Crippen LogP contribution is 2.33. The summed E-state index contributed by atoms with van der Waals surface area (Å²) < 4.78 is 26.8. The van der Waals surface area contributed by atoms with Gasteiger partial charge in [0.05, 0.1) is 16.4 Å². The average Bonchev–Trinajstić information content (AvgIpc) is 2.30. The van der Waals surface area contributed by atoms with E-state index in [1.54, 1.807) is 13.8 Å². The fraction of sp³-hybridized carbons (Fsp3) is 0.462. The lowest BCUT2D eigenvalue weighted by atomic mass is 9.74. The molecular weight excluding hydrogens is 284 g/mol. The Labute approximate surface area is 120 Å². The first kappa shape index (κ1) is 17.0. The zero-order chi connectivity index (χ0) is 16.6. The van der Waals surface area contributed by atoms with Crippen LogP contribution in [0.2, 0.25) is 0 Å². The second-order valence-corrected chi connectivity index (χ2v) is 5.84. The molecule has 0 aliphatic heterocycles. The molecule has 0 unspecified atom stereocenters. The Bertz CT molecular complexity index is 595. The Hall–Kier alpha value is -2.09. The van der Waals surface area contributed by atoms with Gasteiger partial charge in [0.1, 0.15) is 5.82 Å². The predicted molar refractivity (Wildman–Crippen MR) is 73.7 cm³/mol. The lowest BCUT2D eigenvalue weighted by Gasteiger charge is -2.36. The van der Waals surface area contributed by atoms with Gasteiger partial charge in [0.15, 0.2) is 11.5 Å². The van der Waals surface area contributed by atoms with Gasteiger partial charge in [0.2, 0.25) is 5.91 Å². The van der Waals surface area contributed by atoms with E-state index < -0.39 is 44.8 Å². The molecule has 0 saturated carbocycles. The van der Waals surface area contributed by atoms with Crippen LogP contribution in [0.3, 0.4) is 0 Å². The summed E-state index contributed by atoms with van der Waals surface area (Å²) in [7, 11) is 0. The minimum Gasteiger partial charge on any atom is -0.325 e. The van der Waals surface area contributed by atoms with Gasteiger partial charge in [-0.2, -0.15) is 0 Å². The summed E-state index contributed by atoms with van der Waals surface area (Å²) >= 11 is 0. The molecule has 0 bridgehead atoms. The van der Waals surface area contributed by atoms with Gasteiger partial charge in [0, 0.05) is 11.6 Å². The summed E-state index contributed by atoms with van der Waals surface area (Å²) in [5.41, 5.74) is 2.25. The molecule has 0 fully saturated rings. The molecule has 8 heteroatoms. The highest BCUT2D eigenvalue weighted by atomic mass is 19.1. The smallest absolute Gasteiger partial charge is 0.298 e. The monoisotopic (exact) mass is 301 g/mol. The van der Waals surface area contributed by atoms with Crippen LogP contribution in [0.15, 0.2) is 12.1 Å². The lowest BCUT2D eigenvalue weighted by Crippen LogP contribution is -2.53. The average molecular weight is 301 g/mol. The van der Waals surface area contributed by atoms with E-state index in [4.69, 9.17) is 5.73 Å². The van der Waals surface area contributed by atoms with Crippen molar-refractivity contribution in [1.29, 1.82) is 0 Å². The number of benzene rings is 1. The molecule has 1 amide bonds. The van der Waals surface area contributed by atoms with Crippen molar-refractivity contribution in [2.75, 3.05) is 5.32 Å². The summed E-state index contributed by atoms with van der Waals surface area (Å²) in [4.78, 5) is 22.1. The van der Waals surface area contributed by atoms with Crippen molar-refractivity contribution in [3.05, 3.63) is 33.9 Å². The van der Waals surface area contributed by atoms with E-state index >= 15 is 0 Å². The van der Waals surface area contributed by atoms with Gasteiger partial charge in [-0.05, 0) is 27.7 Å². The first-order chi connectivity index (χ1) is 9.37. The minimum absolute atomic E-state index is 0.462. The standard InChI is InChI=1S/C13H17F2N3O3/c1-12(2,13(3,4)16)11(19)17-10-8(15)5-7(14)6-9(10)18(20)21/h5-6H,16H2,1-4H3,(H,17,19). The first-order valence-corrected chi connectivity index (χ1v) is 6.11. The Morgan fingerprint density at radius 3 is 2.24 bits per heavy atom. The Morgan fingerprint density at radius 2 is 1.81 bits per heavy atom. The van der Waals surface area contributed by atoms with E-state index in [1.807, 2.05) is 0 Å². The van der Waals surface area contributed by atoms with Gasteiger partial charge in [-0.1, -0.05) is 0 Å². The fourth-order valence-corrected chi connectivity index (χ4v) is 1.39. The summed E-state index contributed by atoms with van der Waals surface area (Å²) in [5.74, 6) is -3.03. The molecule has 0 heterocycles. The van der Waals surface area contributed by atoms with Crippen molar-refractivity contribution in [2.24, 2.45) is 11.1 Å². The number of nitrogens with one attached hydrogen (secondary N) is 1. The van der Waals surface area contributed by atoms with Crippen LogP contribution in [0, 0.1) is 27.2 Å². The van der Waals surface area contributed by atoms with Crippen molar-refractivity contribution in [3.8, 4) is 0 Å². The van der Waals surface area contributed by atoms with Crippen molar-refractivity contribution in [2.45, 2.75) is 33.2 Å². The molecule has 0 atom stereocenters. The Morgan fingerprint density at radius 1 is 1.29 bits per heavy atom. The minimum atomic E-state index is -1.22. The first-order valence-electron chi connectivity index (χ1n) is 6.11. The van der Waals surface area contributed by atoms with Gasteiger partial charge in [-0.3, -0.25) is 14.9 Å². The van der Waals surface area contributed by atoms with Gasteiger partial charge >= 0.3 is 0 Å². The van der Waals surface area contributed by atoms with Crippen LogP contribution in [0.25, 0.3) is 0 Å². The van der Waals surface area contributed by atoms with E-state index in [-0.39, 0.29) is 0 Å². The van der Waals surface area contributed by atoms with E-state index in [0.29, 0.717) is 12.1 Å². The third-order valence-corrected chi connectivity index (χ3v) is 3.65. The maximum absolute atomic E-state index is 13.7. The predicted octanol–water partition coefficient (Wildman–Crippen LogP) is 2.58. The number of rotatable bonds is 4. The van der Waals surface area contributed by atoms with E-state index in [1.165, 1.54) is 13.8 Å². The number of nitrogens with two attached hydrogens (primary N) is 1. The summed E-state index contributed by atoms with van der Waals surface area (Å²) in [6.07, 6.45) is 0. The number of amides is 1. The molecule has 3 N–H and O–H groups in total. The molecule has 0 radical (unpaired) electrons. The lowest BCUT2D eigenvalue weighted by molar-refractivity contribution is -0.384. The summed E-state index contributed by atoms with van der Waals surface area (Å²) in [6.45, 7) is 6.25. The second-order valence-electron chi connectivity index (χ2n) is 5.84. The van der Waals surface area contributed by atoms with E-state index in [2.05, 4.69) is 5.32 Å². The van der Waals surface area contributed by atoms with Crippen molar-refractivity contribution < 1.29 is 18.5 Å². The number of hydrogen-bond donors (Lipinski definition) is 2. The van der Waals surface area contributed by atoms with Gasteiger partial charge in [-0.15, -0.1) is 0 Å².